The molecule has 90 valence electrons. The molecule has 1 heterocycles. The van der Waals surface area contributed by atoms with E-state index in [1.54, 1.807) is 0 Å². The largest absolute Gasteiger partial charge is 0.394 e. The smallest absolute Gasteiger partial charge is 0.0698 e. The van der Waals surface area contributed by atoms with Crippen LogP contribution in [0.25, 0.3) is 0 Å². The Bertz CT molecular complexity index is 157. The van der Waals surface area contributed by atoms with Gasteiger partial charge in [-0.1, -0.05) is 0 Å². The molecule has 1 rings (SSSR count). The molecular weight excluding hydrogens is 192 g/mol. The molecule has 0 atom stereocenters. The highest BCUT2D eigenvalue weighted by Gasteiger charge is 2.17. The van der Waals surface area contributed by atoms with Crippen LogP contribution in [0.1, 0.15) is 13.8 Å². The lowest BCUT2D eigenvalue weighted by atomic mass is 10.2. The fourth-order valence-corrected chi connectivity index (χ4v) is 1.86. The number of hydrogen-bond acceptors (Lipinski definition) is 4. The molecule has 0 aromatic heterocycles. The van der Waals surface area contributed by atoms with Gasteiger partial charge < -0.3 is 9.84 Å². The van der Waals surface area contributed by atoms with Crippen molar-refractivity contribution in [3.8, 4) is 0 Å². The molecule has 1 aliphatic heterocycles. The SMILES string of the molecule is CC(C)N1CCN(CCOCCO)CC1. The highest BCUT2D eigenvalue weighted by atomic mass is 16.5. The Morgan fingerprint density at radius 2 is 1.80 bits per heavy atom. The zero-order valence-electron chi connectivity index (χ0n) is 9.98. The van der Waals surface area contributed by atoms with Crippen LogP contribution in [0, 0.1) is 0 Å². The molecule has 0 aromatic carbocycles. The van der Waals surface area contributed by atoms with Crippen LogP contribution in [0.2, 0.25) is 0 Å². The van der Waals surface area contributed by atoms with Crippen molar-refractivity contribution in [2.75, 3.05) is 52.5 Å². The van der Waals surface area contributed by atoms with E-state index in [4.69, 9.17) is 9.84 Å². The summed E-state index contributed by atoms with van der Waals surface area (Å²) in [5.74, 6) is 0. The summed E-state index contributed by atoms with van der Waals surface area (Å²) in [5, 5.41) is 8.55. The molecule has 4 heteroatoms. The van der Waals surface area contributed by atoms with Gasteiger partial charge in [0.15, 0.2) is 0 Å². The minimum absolute atomic E-state index is 0.126. The minimum atomic E-state index is 0.126. The molecule has 0 aliphatic carbocycles. The van der Waals surface area contributed by atoms with Gasteiger partial charge in [0, 0.05) is 38.8 Å². The van der Waals surface area contributed by atoms with Crippen LogP contribution in [0.15, 0.2) is 0 Å². The van der Waals surface area contributed by atoms with E-state index in [-0.39, 0.29) is 6.61 Å². The highest BCUT2D eigenvalue weighted by Crippen LogP contribution is 2.05. The average molecular weight is 216 g/mol. The van der Waals surface area contributed by atoms with Crippen molar-refractivity contribution in [2.45, 2.75) is 19.9 Å². The van der Waals surface area contributed by atoms with Crippen molar-refractivity contribution in [3.05, 3.63) is 0 Å². The Labute approximate surface area is 92.8 Å². The summed E-state index contributed by atoms with van der Waals surface area (Å²) in [6.45, 7) is 11.4. The minimum Gasteiger partial charge on any atom is -0.394 e. The van der Waals surface area contributed by atoms with Crippen molar-refractivity contribution in [3.63, 3.8) is 0 Å². The fourth-order valence-electron chi connectivity index (χ4n) is 1.86. The molecule has 0 aromatic rings. The van der Waals surface area contributed by atoms with Crippen molar-refractivity contribution < 1.29 is 9.84 Å². The molecular formula is C11H24N2O2. The number of ether oxygens (including phenoxy) is 1. The Morgan fingerprint density at radius 1 is 1.13 bits per heavy atom. The molecule has 1 aliphatic rings. The Balaban J connectivity index is 2.04. The Kier molecular flexibility index (Phi) is 6.17. The van der Waals surface area contributed by atoms with Gasteiger partial charge in [0.05, 0.1) is 19.8 Å². The number of rotatable bonds is 6. The van der Waals surface area contributed by atoms with Crippen molar-refractivity contribution in [1.82, 2.24) is 9.80 Å². The fraction of sp³-hybridized carbons (Fsp3) is 1.00. The molecule has 15 heavy (non-hydrogen) atoms. The van der Waals surface area contributed by atoms with Crippen molar-refractivity contribution in [2.24, 2.45) is 0 Å². The summed E-state index contributed by atoms with van der Waals surface area (Å²) in [7, 11) is 0. The maximum Gasteiger partial charge on any atom is 0.0698 e. The summed E-state index contributed by atoms with van der Waals surface area (Å²) in [5.41, 5.74) is 0. The first kappa shape index (κ1) is 12.9. The molecule has 0 saturated carbocycles. The van der Waals surface area contributed by atoms with Gasteiger partial charge >= 0.3 is 0 Å². The van der Waals surface area contributed by atoms with Gasteiger partial charge in [-0.05, 0) is 13.8 Å². The molecule has 0 spiro atoms. The molecule has 4 nitrogen and oxygen atoms in total. The highest BCUT2D eigenvalue weighted by molar-refractivity contribution is 4.73. The predicted octanol–water partition coefficient (Wildman–Crippen LogP) is 0.0213. The van der Waals surface area contributed by atoms with E-state index in [9.17, 15) is 0 Å². The second-order valence-electron chi connectivity index (χ2n) is 4.31. The third-order valence-corrected chi connectivity index (χ3v) is 2.92. The third kappa shape index (κ3) is 4.93. The van der Waals surface area contributed by atoms with Crippen LogP contribution in [0.3, 0.4) is 0 Å². The molecule has 1 N–H and O–H groups in total. The predicted molar refractivity (Wildman–Crippen MR) is 61.1 cm³/mol. The molecule has 0 unspecified atom stereocenters. The van der Waals surface area contributed by atoms with Gasteiger partial charge in [0.2, 0.25) is 0 Å². The lowest BCUT2D eigenvalue weighted by Gasteiger charge is -2.36. The van der Waals surface area contributed by atoms with Crippen molar-refractivity contribution in [1.29, 1.82) is 0 Å². The van der Waals surface area contributed by atoms with Crippen LogP contribution in [0.4, 0.5) is 0 Å². The van der Waals surface area contributed by atoms with Crippen LogP contribution in [0.5, 0.6) is 0 Å². The van der Waals surface area contributed by atoms with Gasteiger partial charge in [0.25, 0.3) is 0 Å². The number of piperazine rings is 1. The zero-order valence-corrected chi connectivity index (χ0v) is 9.98. The second kappa shape index (κ2) is 7.17. The molecule has 1 fully saturated rings. The maximum absolute atomic E-state index is 8.55. The van der Waals surface area contributed by atoms with E-state index < -0.39 is 0 Å². The van der Waals surface area contributed by atoms with Gasteiger partial charge in [-0.25, -0.2) is 0 Å². The topological polar surface area (TPSA) is 35.9 Å². The van der Waals surface area contributed by atoms with Gasteiger partial charge in [-0.2, -0.15) is 0 Å². The van der Waals surface area contributed by atoms with E-state index in [0.717, 1.165) is 39.3 Å². The van der Waals surface area contributed by atoms with E-state index in [1.165, 1.54) is 0 Å². The first-order valence-electron chi connectivity index (χ1n) is 5.89. The molecule has 0 amide bonds. The van der Waals surface area contributed by atoms with Crippen LogP contribution < -0.4 is 0 Å². The number of aliphatic hydroxyl groups is 1. The van der Waals surface area contributed by atoms with Gasteiger partial charge in [0.1, 0.15) is 0 Å². The van der Waals surface area contributed by atoms with Crippen LogP contribution >= 0.6 is 0 Å². The summed E-state index contributed by atoms with van der Waals surface area (Å²) in [4.78, 5) is 4.93. The quantitative estimate of drug-likeness (QED) is 0.635. The first-order chi connectivity index (χ1) is 7.24. The number of aliphatic hydroxyl groups excluding tert-OH is 1. The van der Waals surface area contributed by atoms with E-state index in [0.29, 0.717) is 12.6 Å². The molecule has 1 saturated heterocycles. The van der Waals surface area contributed by atoms with Gasteiger partial charge in [-0.15, -0.1) is 0 Å². The normalized spacial score (nSPS) is 20.0. The summed E-state index contributed by atoms with van der Waals surface area (Å²) in [6, 6.07) is 0.665. The van der Waals surface area contributed by atoms with Crippen LogP contribution in [-0.4, -0.2) is 73.5 Å². The lowest BCUT2D eigenvalue weighted by molar-refractivity contribution is 0.0521. The van der Waals surface area contributed by atoms with Gasteiger partial charge in [-0.3, -0.25) is 9.80 Å². The van der Waals surface area contributed by atoms with E-state index in [2.05, 4.69) is 23.6 Å². The summed E-state index contributed by atoms with van der Waals surface area (Å²) < 4.78 is 5.25. The standard InChI is InChI=1S/C11H24N2O2/c1-11(2)13-5-3-12(4-6-13)7-9-15-10-8-14/h11,14H,3-10H2,1-2H3. The number of nitrogens with zero attached hydrogens (tertiary/aromatic N) is 2. The lowest BCUT2D eigenvalue weighted by Crippen LogP contribution is -2.49. The maximum atomic E-state index is 8.55. The van der Waals surface area contributed by atoms with E-state index >= 15 is 0 Å². The monoisotopic (exact) mass is 216 g/mol. The average Bonchev–Trinajstić information content (AvgIpc) is 2.25. The van der Waals surface area contributed by atoms with E-state index in [1.807, 2.05) is 0 Å². The van der Waals surface area contributed by atoms with Crippen molar-refractivity contribution >= 4 is 0 Å². The summed E-state index contributed by atoms with van der Waals surface area (Å²) in [6.07, 6.45) is 0. The molecule has 0 radical (unpaired) electrons. The Hall–Kier alpha value is -0.160. The Morgan fingerprint density at radius 3 is 2.33 bits per heavy atom. The third-order valence-electron chi connectivity index (χ3n) is 2.92. The van der Waals surface area contributed by atoms with Crippen LogP contribution in [-0.2, 0) is 4.74 Å². The first-order valence-corrected chi connectivity index (χ1v) is 5.89. The second-order valence-corrected chi connectivity index (χ2v) is 4.31. The zero-order chi connectivity index (χ0) is 11.1. The number of hydrogen-bond donors (Lipinski definition) is 1. The molecule has 0 bridgehead atoms. The summed E-state index contributed by atoms with van der Waals surface area (Å²) >= 11 is 0.